The average Bonchev–Trinajstić information content (AvgIpc) is 3.38. The van der Waals surface area contributed by atoms with Gasteiger partial charge in [-0.1, -0.05) is 17.7 Å². The van der Waals surface area contributed by atoms with Crippen LogP contribution in [0.1, 0.15) is 11.3 Å². The molecule has 0 aliphatic carbocycles. The molecular weight excluding hydrogens is 441 g/mol. The summed E-state index contributed by atoms with van der Waals surface area (Å²) in [7, 11) is -2.05. The molecule has 0 atom stereocenters. The van der Waals surface area contributed by atoms with Crippen LogP contribution in [0.4, 0.5) is 4.39 Å². The fraction of sp³-hybridized carbons (Fsp3) is 0.125. The van der Waals surface area contributed by atoms with Gasteiger partial charge in [-0.2, -0.15) is 5.10 Å². The molecule has 0 bridgehead atoms. The average molecular weight is 462 g/mol. The van der Waals surface area contributed by atoms with E-state index in [-0.39, 0.29) is 4.90 Å². The summed E-state index contributed by atoms with van der Waals surface area (Å²) in [5.74, 6) is -0.434. The van der Waals surface area contributed by atoms with Crippen LogP contribution in [0.15, 0.2) is 72.0 Å². The first-order chi connectivity index (χ1) is 15.7. The van der Waals surface area contributed by atoms with Gasteiger partial charge in [0, 0.05) is 36.1 Å². The van der Waals surface area contributed by atoms with Crippen molar-refractivity contribution in [1.82, 2.24) is 23.7 Å². The number of nitrogens with zero attached hydrogens (tertiary/aromatic N) is 5. The highest BCUT2D eigenvalue weighted by molar-refractivity contribution is 7.90. The van der Waals surface area contributed by atoms with Crippen molar-refractivity contribution in [3.05, 3.63) is 84.2 Å². The monoisotopic (exact) mass is 461 g/mol. The lowest BCUT2D eigenvalue weighted by Gasteiger charge is -2.10. The van der Waals surface area contributed by atoms with Gasteiger partial charge in [-0.25, -0.2) is 21.8 Å². The van der Waals surface area contributed by atoms with E-state index < -0.39 is 15.8 Å². The first-order valence-electron chi connectivity index (χ1n) is 10.2. The summed E-state index contributed by atoms with van der Waals surface area (Å²) in [6.07, 6.45) is 4.49. The lowest BCUT2D eigenvalue weighted by atomic mass is 10.0. The van der Waals surface area contributed by atoms with Gasteiger partial charge in [0.25, 0.3) is 10.0 Å². The minimum atomic E-state index is -3.84. The molecular formula is C24H20FN5O2S. The summed E-state index contributed by atoms with van der Waals surface area (Å²) in [5.41, 5.74) is 4.55. The van der Waals surface area contributed by atoms with Crippen molar-refractivity contribution in [2.24, 2.45) is 7.05 Å². The molecule has 0 N–H and O–H groups in total. The number of hydrogen-bond donors (Lipinski definition) is 0. The summed E-state index contributed by atoms with van der Waals surface area (Å²) in [6.45, 7) is 3.71. The SMILES string of the molecule is Cc1ccc(S(=O)(=O)n2ccc3c(-c4cn(C)nc4-c4ccc(F)cn4)cc(C)nc32)cc1. The highest BCUT2D eigenvalue weighted by atomic mass is 32.2. The number of halogens is 1. The molecule has 0 saturated carbocycles. The fourth-order valence-corrected chi connectivity index (χ4v) is 5.14. The van der Waals surface area contributed by atoms with Gasteiger partial charge in [0.05, 0.1) is 16.8 Å². The molecule has 4 aromatic heterocycles. The van der Waals surface area contributed by atoms with Crippen molar-refractivity contribution >= 4 is 21.1 Å². The number of benzene rings is 1. The minimum absolute atomic E-state index is 0.188. The van der Waals surface area contributed by atoms with Crippen LogP contribution in [0.5, 0.6) is 0 Å². The van der Waals surface area contributed by atoms with Crippen molar-refractivity contribution in [2.45, 2.75) is 18.7 Å². The lowest BCUT2D eigenvalue weighted by molar-refractivity contribution is 0.588. The van der Waals surface area contributed by atoms with Crippen LogP contribution < -0.4 is 0 Å². The molecule has 0 amide bonds. The Bertz CT molecular complexity index is 1600. The molecule has 4 heterocycles. The molecule has 0 radical (unpaired) electrons. The maximum atomic E-state index is 13.4. The first kappa shape index (κ1) is 21.0. The van der Waals surface area contributed by atoms with Gasteiger partial charge in [-0.15, -0.1) is 0 Å². The molecule has 5 rings (SSSR count). The van der Waals surface area contributed by atoms with Crippen LogP contribution >= 0.6 is 0 Å². The molecule has 0 aliphatic heterocycles. The Hall–Kier alpha value is -3.85. The molecule has 7 nitrogen and oxygen atoms in total. The second kappa shape index (κ2) is 7.63. The van der Waals surface area contributed by atoms with E-state index in [1.165, 1.54) is 16.2 Å². The van der Waals surface area contributed by atoms with Gasteiger partial charge < -0.3 is 0 Å². The zero-order valence-electron chi connectivity index (χ0n) is 18.2. The van der Waals surface area contributed by atoms with Gasteiger partial charge in [-0.3, -0.25) is 9.67 Å². The van der Waals surface area contributed by atoms with Crippen LogP contribution in [0.2, 0.25) is 0 Å². The van der Waals surface area contributed by atoms with E-state index in [1.807, 2.05) is 26.1 Å². The van der Waals surface area contributed by atoms with Crippen LogP contribution in [0.25, 0.3) is 33.5 Å². The second-order valence-electron chi connectivity index (χ2n) is 7.90. The third kappa shape index (κ3) is 3.60. The highest BCUT2D eigenvalue weighted by Gasteiger charge is 2.23. The quantitative estimate of drug-likeness (QED) is 0.394. The van der Waals surface area contributed by atoms with Crippen molar-refractivity contribution < 1.29 is 12.8 Å². The first-order valence-corrected chi connectivity index (χ1v) is 11.6. The predicted octanol–water partition coefficient (Wildman–Crippen LogP) is 4.49. The highest BCUT2D eigenvalue weighted by Crippen LogP contribution is 2.36. The number of fused-ring (bicyclic) bond motifs is 1. The van der Waals surface area contributed by atoms with Gasteiger partial charge in [0.2, 0.25) is 0 Å². The predicted molar refractivity (Wildman–Crippen MR) is 124 cm³/mol. The van der Waals surface area contributed by atoms with E-state index in [9.17, 15) is 12.8 Å². The van der Waals surface area contributed by atoms with Gasteiger partial charge in [-0.05, 0) is 55.8 Å². The number of aryl methyl sites for hydroxylation is 3. The Kier molecular flexibility index (Phi) is 4.86. The molecule has 0 fully saturated rings. The van der Waals surface area contributed by atoms with Gasteiger partial charge in [0.15, 0.2) is 5.65 Å². The smallest absolute Gasteiger partial charge is 0.269 e. The maximum Gasteiger partial charge on any atom is 0.269 e. The third-order valence-electron chi connectivity index (χ3n) is 5.42. The van der Waals surface area contributed by atoms with Crippen molar-refractivity contribution in [1.29, 1.82) is 0 Å². The third-order valence-corrected chi connectivity index (χ3v) is 7.10. The molecule has 5 aromatic rings. The van der Waals surface area contributed by atoms with Crippen LogP contribution in [0.3, 0.4) is 0 Å². The van der Waals surface area contributed by atoms with E-state index in [2.05, 4.69) is 15.1 Å². The van der Waals surface area contributed by atoms with E-state index in [1.54, 1.807) is 48.1 Å². The van der Waals surface area contributed by atoms with E-state index >= 15 is 0 Å². The summed E-state index contributed by atoms with van der Waals surface area (Å²) >= 11 is 0. The fourth-order valence-electron chi connectivity index (χ4n) is 3.84. The normalized spacial score (nSPS) is 11.9. The van der Waals surface area contributed by atoms with Crippen molar-refractivity contribution in [3.8, 4) is 22.5 Å². The Labute approximate surface area is 190 Å². The molecule has 33 heavy (non-hydrogen) atoms. The van der Waals surface area contributed by atoms with Crippen LogP contribution in [0, 0.1) is 19.7 Å². The van der Waals surface area contributed by atoms with Gasteiger partial charge in [0.1, 0.15) is 11.5 Å². The molecule has 0 spiro atoms. The Morgan fingerprint density at radius 1 is 0.970 bits per heavy atom. The molecule has 1 aromatic carbocycles. The minimum Gasteiger partial charge on any atom is -0.274 e. The standard InChI is InChI=1S/C24H20FN5O2S/c1-15-4-7-18(8-5-15)33(31,32)30-11-10-19-20(12-16(2)27-24(19)30)21-14-29(3)28-23(21)22-9-6-17(25)13-26-22/h4-14H,1-3H3. The Balaban J connectivity index is 1.73. The summed E-state index contributed by atoms with van der Waals surface area (Å²) < 4.78 is 43.0. The largest absolute Gasteiger partial charge is 0.274 e. The second-order valence-corrected chi connectivity index (χ2v) is 9.72. The molecule has 0 unspecified atom stereocenters. The van der Waals surface area contributed by atoms with E-state index in [0.29, 0.717) is 28.1 Å². The van der Waals surface area contributed by atoms with Crippen molar-refractivity contribution in [3.63, 3.8) is 0 Å². The summed E-state index contributed by atoms with van der Waals surface area (Å²) in [6, 6.07) is 13.2. The molecule has 0 aliphatic rings. The topological polar surface area (TPSA) is 82.7 Å². The zero-order chi connectivity index (χ0) is 23.3. The Morgan fingerprint density at radius 3 is 2.42 bits per heavy atom. The zero-order valence-corrected chi connectivity index (χ0v) is 19.0. The van der Waals surface area contributed by atoms with Crippen LogP contribution in [-0.4, -0.2) is 32.1 Å². The van der Waals surface area contributed by atoms with Gasteiger partial charge >= 0.3 is 0 Å². The lowest BCUT2D eigenvalue weighted by Crippen LogP contribution is -2.12. The summed E-state index contributed by atoms with van der Waals surface area (Å²) in [4.78, 5) is 8.91. The molecule has 0 saturated heterocycles. The number of pyridine rings is 2. The number of hydrogen-bond acceptors (Lipinski definition) is 5. The number of aromatic nitrogens is 5. The van der Waals surface area contributed by atoms with E-state index in [0.717, 1.165) is 22.9 Å². The Morgan fingerprint density at radius 2 is 1.73 bits per heavy atom. The van der Waals surface area contributed by atoms with Crippen LogP contribution in [-0.2, 0) is 17.1 Å². The van der Waals surface area contributed by atoms with Crippen molar-refractivity contribution in [2.75, 3.05) is 0 Å². The molecule has 166 valence electrons. The number of rotatable bonds is 4. The summed E-state index contributed by atoms with van der Waals surface area (Å²) in [5, 5.41) is 5.18. The maximum absolute atomic E-state index is 13.4. The van der Waals surface area contributed by atoms with E-state index in [4.69, 9.17) is 0 Å². The molecule has 9 heteroatoms.